The van der Waals surface area contributed by atoms with Crippen molar-refractivity contribution in [1.29, 1.82) is 0 Å². The molecule has 1 aliphatic rings. The summed E-state index contributed by atoms with van der Waals surface area (Å²) in [6.07, 6.45) is 3.91. The van der Waals surface area contributed by atoms with E-state index in [0.29, 0.717) is 12.5 Å². The number of piperidine rings is 1. The number of nitrogens with zero attached hydrogens (tertiary/aromatic N) is 1. The second kappa shape index (κ2) is 10.4. The predicted molar refractivity (Wildman–Crippen MR) is 118 cm³/mol. The Kier molecular flexibility index (Phi) is 7.70. The fraction of sp³-hybridized carbons (Fsp3) is 0.480. The van der Waals surface area contributed by atoms with Crippen LogP contribution in [-0.2, 0) is 17.9 Å². The van der Waals surface area contributed by atoms with Gasteiger partial charge in [-0.2, -0.15) is 0 Å². The lowest BCUT2D eigenvalue weighted by atomic mass is 10.0. The van der Waals surface area contributed by atoms with Gasteiger partial charge in [0.1, 0.15) is 5.75 Å². The highest BCUT2D eigenvalue weighted by Crippen LogP contribution is 2.27. The molecule has 0 aliphatic carbocycles. The maximum atomic E-state index is 12.4. The summed E-state index contributed by atoms with van der Waals surface area (Å²) in [5.41, 5.74) is 4.76. The van der Waals surface area contributed by atoms with Crippen molar-refractivity contribution >= 4 is 5.91 Å². The molecule has 1 N–H and O–H groups in total. The summed E-state index contributed by atoms with van der Waals surface area (Å²) in [5, 5.41) is 3.03. The number of hydrogen-bond acceptors (Lipinski definition) is 3. The fourth-order valence-corrected chi connectivity index (χ4v) is 3.87. The van der Waals surface area contributed by atoms with Crippen LogP contribution in [0.3, 0.4) is 0 Å². The number of carbonyl (C=O) groups is 1. The van der Waals surface area contributed by atoms with E-state index >= 15 is 0 Å². The zero-order valence-electron chi connectivity index (χ0n) is 18.0. The van der Waals surface area contributed by atoms with Gasteiger partial charge >= 0.3 is 0 Å². The molecule has 29 heavy (non-hydrogen) atoms. The Hall–Kier alpha value is -2.33. The largest absolute Gasteiger partial charge is 0.483 e. The predicted octanol–water partition coefficient (Wildman–Crippen LogP) is 4.80. The molecule has 4 heteroatoms. The van der Waals surface area contributed by atoms with E-state index in [1.807, 2.05) is 19.1 Å². The smallest absolute Gasteiger partial charge is 0.258 e. The van der Waals surface area contributed by atoms with Crippen LogP contribution in [-0.4, -0.2) is 30.5 Å². The summed E-state index contributed by atoms with van der Waals surface area (Å²) in [6.45, 7) is 10.2. The van der Waals surface area contributed by atoms with Crippen LogP contribution in [0.1, 0.15) is 61.3 Å². The van der Waals surface area contributed by atoms with Crippen LogP contribution >= 0.6 is 0 Å². The SMILES string of the molecule is Cc1ccc(C(C)C)c(OCC(=O)NCc2ccccc2CN2CCCCC2)c1. The van der Waals surface area contributed by atoms with E-state index < -0.39 is 0 Å². The van der Waals surface area contributed by atoms with E-state index in [-0.39, 0.29) is 12.5 Å². The van der Waals surface area contributed by atoms with Gasteiger partial charge in [-0.3, -0.25) is 9.69 Å². The van der Waals surface area contributed by atoms with Crippen molar-refractivity contribution in [3.05, 3.63) is 64.7 Å². The van der Waals surface area contributed by atoms with Gasteiger partial charge in [0.15, 0.2) is 6.61 Å². The molecule has 4 nitrogen and oxygen atoms in total. The topological polar surface area (TPSA) is 41.6 Å². The van der Waals surface area contributed by atoms with Gasteiger partial charge in [-0.1, -0.05) is 56.7 Å². The monoisotopic (exact) mass is 394 g/mol. The van der Waals surface area contributed by atoms with Crippen molar-refractivity contribution in [2.75, 3.05) is 19.7 Å². The first-order valence-corrected chi connectivity index (χ1v) is 10.8. The summed E-state index contributed by atoms with van der Waals surface area (Å²) in [4.78, 5) is 14.9. The van der Waals surface area contributed by atoms with E-state index in [1.54, 1.807) is 0 Å². The number of ether oxygens (including phenoxy) is 1. The van der Waals surface area contributed by atoms with Gasteiger partial charge in [0.05, 0.1) is 0 Å². The van der Waals surface area contributed by atoms with Crippen molar-refractivity contribution in [2.24, 2.45) is 0 Å². The normalized spacial score (nSPS) is 14.8. The first-order valence-electron chi connectivity index (χ1n) is 10.8. The molecule has 0 radical (unpaired) electrons. The van der Waals surface area contributed by atoms with Gasteiger partial charge < -0.3 is 10.1 Å². The quantitative estimate of drug-likeness (QED) is 0.699. The molecule has 0 bridgehead atoms. The molecule has 1 fully saturated rings. The standard InChI is InChI=1S/C25H34N2O2/c1-19(2)23-12-11-20(3)15-24(23)29-18-25(28)26-16-21-9-5-6-10-22(21)17-27-13-7-4-8-14-27/h5-6,9-12,15,19H,4,7-8,13-14,16-18H2,1-3H3,(H,26,28). The Morgan fingerprint density at radius 2 is 1.79 bits per heavy atom. The van der Waals surface area contributed by atoms with Crippen molar-refractivity contribution in [3.63, 3.8) is 0 Å². The number of carbonyl (C=O) groups excluding carboxylic acids is 1. The number of rotatable bonds is 8. The molecule has 0 saturated carbocycles. The summed E-state index contributed by atoms with van der Waals surface area (Å²) in [7, 11) is 0. The molecule has 0 unspecified atom stereocenters. The molecule has 2 aromatic rings. The molecule has 0 atom stereocenters. The van der Waals surface area contributed by atoms with Gasteiger partial charge in [0, 0.05) is 13.1 Å². The molecule has 3 rings (SSSR count). The minimum Gasteiger partial charge on any atom is -0.483 e. The van der Waals surface area contributed by atoms with Crippen LogP contribution < -0.4 is 10.1 Å². The summed E-state index contributed by atoms with van der Waals surface area (Å²) >= 11 is 0. The lowest BCUT2D eigenvalue weighted by molar-refractivity contribution is -0.123. The van der Waals surface area contributed by atoms with Crippen LogP contribution in [0.25, 0.3) is 0 Å². The minimum atomic E-state index is -0.0889. The summed E-state index contributed by atoms with van der Waals surface area (Å²) in [5.74, 6) is 1.07. The van der Waals surface area contributed by atoms with E-state index in [2.05, 4.69) is 54.4 Å². The third-order valence-corrected chi connectivity index (χ3v) is 5.59. The average molecular weight is 395 g/mol. The average Bonchev–Trinajstić information content (AvgIpc) is 2.72. The Labute approximate surface area is 175 Å². The molecule has 1 aliphatic heterocycles. The van der Waals surface area contributed by atoms with Gasteiger partial charge in [-0.25, -0.2) is 0 Å². The molecular formula is C25H34N2O2. The lowest BCUT2D eigenvalue weighted by Gasteiger charge is -2.27. The van der Waals surface area contributed by atoms with Crippen LogP contribution in [0, 0.1) is 6.92 Å². The van der Waals surface area contributed by atoms with Crippen molar-refractivity contribution in [3.8, 4) is 5.75 Å². The highest BCUT2D eigenvalue weighted by atomic mass is 16.5. The molecule has 156 valence electrons. The second-order valence-electron chi connectivity index (χ2n) is 8.37. The second-order valence-corrected chi connectivity index (χ2v) is 8.37. The first kappa shape index (κ1) is 21.4. The summed E-state index contributed by atoms with van der Waals surface area (Å²) < 4.78 is 5.86. The molecule has 0 spiro atoms. The van der Waals surface area contributed by atoms with Gasteiger partial charge in [0.2, 0.25) is 0 Å². The zero-order valence-corrected chi connectivity index (χ0v) is 18.0. The highest BCUT2D eigenvalue weighted by molar-refractivity contribution is 5.77. The van der Waals surface area contributed by atoms with Gasteiger partial charge in [0.25, 0.3) is 5.91 Å². The minimum absolute atomic E-state index is 0.0392. The fourth-order valence-electron chi connectivity index (χ4n) is 3.87. The Bertz CT molecular complexity index is 810. The van der Waals surface area contributed by atoms with E-state index in [0.717, 1.165) is 23.4 Å². The van der Waals surface area contributed by atoms with Crippen LogP contribution in [0.4, 0.5) is 0 Å². The Morgan fingerprint density at radius 3 is 2.52 bits per heavy atom. The number of amides is 1. The third-order valence-electron chi connectivity index (χ3n) is 5.59. The lowest BCUT2D eigenvalue weighted by Crippen LogP contribution is -2.31. The molecule has 1 amide bonds. The number of likely N-dealkylation sites (tertiary alicyclic amines) is 1. The number of aryl methyl sites for hydroxylation is 1. The van der Waals surface area contributed by atoms with Gasteiger partial charge in [-0.15, -0.1) is 0 Å². The van der Waals surface area contributed by atoms with Crippen molar-refractivity contribution < 1.29 is 9.53 Å². The third kappa shape index (κ3) is 6.33. The molecule has 1 heterocycles. The Balaban J connectivity index is 1.54. The highest BCUT2D eigenvalue weighted by Gasteiger charge is 2.14. The van der Waals surface area contributed by atoms with E-state index in [4.69, 9.17) is 4.74 Å². The van der Waals surface area contributed by atoms with Crippen LogP contribution in [0.5, 0.6) is 5.75 Å². The number of benzene rings is 2. The number of nitrogens with one attached hydrogen (secondary N) is 1. The maximum Gasteiger partial charge on any atom is 0.258 e. The number of hydrogen-bond donors (Lipinski definition) is 1. The van der Waals surface area contributed by atoms with E-state index in [9.17, 15) is 4.79 Å². The van der Waals surface area contributed by atoms with Crippen molar-refractivity contribution in [1.82, 2.24) is 10.2 Å². The molecule has 0 aromatic heterocycles. The first-order chi connectivity index (χ1) is 14.0. The van der Waals surface area contributed by atoms with Gasteiger partial charge in [-0.05, 0) is 67.1 Å². The molecular weight excluding hydrogens is 360 g/mol. The zero-order chi connectivity index (χ0) is 20.6. The van der Waals surface area contributed by atoms with Crippen molar-refractivity contribution in [2.45, 2.75) is 59.0 Å². The Morgan fingerprint density at radius 1 is 1.07 bits per heavy atom. The molecule has 1 saturated heterocycles. The van der Waals surface area contributed by atoms with Crippen LogP contribution in [0.2, 0.25) is 0 Å². The maximum absolute atomic E-state index is 12.4. The van der Waals surface area contributed by atoms with E-state index in [1.165, 1.54) is 43.5 Å². The molecule has 2 aromatic carbocycles. The summed E-state index contributed by atoms with van der Waals surface area (Å²) in [6, 6.07) is 14.6. The van der Waals surface area contributed by atoms with Crippen LogP contribution in [0.15, 0.2) is 42.5 Å².